The smallest absolute Gasteiger partial charge is 0.161 e. The standard InChI is InChI=1S/C25H23NO2/c1-18-4-8-20(9-5-18)17-28-24-13-10-21(15-25(24)27-3)14-23(16-26)22-11-6-19(2)7-12-22/h4-15H,17H2,1-3H3/b23-14-. The van der Waals surface area contributed by atoms with Crippen molar-refractivity contribution >= 4 is 11.6 Å². The molecule has 3 heteroatoms. The highest BCUT2D eigenvalue weighted by Crippen LogP contribution is 2.30. The van der Waals surface area contributed by atoms with Gasteiger partial charge in [-0.25, -0.2) is 0 Å². The summed E-state index contributed by atoms with van der Waals surface area (Å²) in [5, 5.41) is 9.55. The Bertz CT molecular complexity index is 1010. The number of rotatable bonds is 6. The van der Waals surface area contributed by atoms with E-state index >= 15 is 0 Å². The van der Waals surface area contributed by atoms with Crippen LogP contribution in [0, 0.1) is 25.2 Å². The molecule has 0 N–H and O–H groups in total. The van der Waals surface area contributed by atoms with Gasteiger partial charge in [-0.2, -0.15) is 5.26 Å². The Hall–Kier alpha value is -3.51. The first-order chi connectivity index (χ1) is 13.6. The topological polar surface area (TPSA) is 42.2 Å². The average Bonchev–Trinajstić information content (AvgIpc) is 2.72. The van der Waals surface area contributed by atoms with Crippen molar-refractivity contribution in [3.8, 4) is 17.6 Å². The zero-order valence-electron chi connectivity index (χ0n) is 16.4. The second kappa shape index (κ2) is 8.92. The zero-order valence-corrected chi connectivity index (χ0v) is 16.4. The summed E-state index contributed by atoms with van der Waals surface area (Å²) in [5.41, 5.74) is 5.87. The van der Waals surface area contributed by atoms with E-state index in [9.17, 15) is 5.26 Å². The fourth-order valence-corrected chi connectivity index (χ4v) is 2.82. The molecule has 0 saturated heterocycles. The number of hydrogen-bond donors (Lipinski definition) is 0. The SMILES string of the molecule is COc1cc(/C=C(/C#N)c2ccc(C)cc2)ccc1OCc1ccc(C)cc1. The van der Waals surface area contributed by atoms with Gasteiger partial charge in [-0.3, -0.25) is 0 Å². The van der Waals surface area contributed by atoms with Crippen LogP contribution in [-0.2, 0) is 6.61 Å². The second-order valence-electron chi connectivity index (χ2n) is 6.72. The van der Waals surface area contributed by atoms with Gasteiger partial charge in [0.2, 0.25) is 0 Å². The number of ether oxygens (including phenoxy) is 2. The first-order valence-electron chi connectivity index (χ1n) is 9.14. The number of benzene rings is 3. The lowest BCUT2D eigenvalue weighted by molar-refractivity contribution is 0.284. The van der Waals surface area contributed by atoms with E-state index < -0.39 is 0 Å². The Morgan fingerprint density at radius 3 is 2.14 bits per heavy atom. The molecule has 140 valence electrons. The second-order valence-corrected chi connectivity index (χ2v) is 6.72. The number of aryl methyl sites for hydroxylation is 2. The van der Waals surface area contributed by atoms with E-state index in [1.54, 1.807) is 7.11 Å². The minimum atomic E-state index is 0.471. The maximum Gasteiger partial charge on any atom is 0.161 e. The van der Waals surface area contributed by atoms with Gasteiger partial charge in [-0.15, -0.1) is 0 Å². The highest BCUT2D eigenvalue weighted by molar-refractivity contribution is 5.89. The van der Waals surface area contributed by atoms with E-state index in [1.807, 2.05) is 55.5 Å². The third-order valence-corrected chi connectivity index (χ3v) is 4.50. The van der Waals surface area contributed by atoms with E-state index in [4.69, 9.17) is 9.47 Å². The van der Waals surface area contributed by atoms with Gasteiger partial charge in [0.05, 0.1) is 18.8 Å². The number of methoxy groups -OCH3 is 1. The summed E-state index contributed by atoms with van der Waals surface area (Å²) in [5.74, 6) is 1.32. The summed E-state index contributed by atoms with van der Waals surface area (Å²) in [6.07, 6.45) is 1.86. The number of allylic oxidation sites excluding steroid dienone is 1. The van der Waals surface area contributed by atoms with Crippen LogP contribution in [0.1, 0.15) is 27.8 Å². The van der Waals surface area contributed by atoms with Crippen LogP contribution in [0.3, 0.4) is 0 Å². The van der Waals surface area contributed by atoms with Gasteiger partial charge in [0.25, 0.3) is 0 Å². The molecule has 28 heavy (non-hydrogen) atoms. The normalized spacial score (nSPS) is 11.0. The van der Waals surface area contributed by atoms with Crippen LogP contribution >= 0.6 is 0 Å². The molecule has 0 aliphatic heterocycles. The maximum absolute atomic E-state index is 9.55. The molecule has 0 aliphatic carbocycles. The van der Waals surface area contributed by atoms with Crippen molar-refractivity contribution in [2.75, 3.05) is 7.11 Å². The Morgan fingerprint density at radius 2 is 1.54 bits per heavy atom. The first-order valence-corrected chi connectivity index (χ1v) is 9.14. The van der Waals surface area contributed by atoms with Gasteiger partial charge in [-0.05, 0) is 48.7 Å². The average molecular weight is 369 g/mol. The quantitative estimate of drug-likeness (QED) is 0.398. The Labute approximate surface area is 166 Å². The van der Waals surface area contributed by atoms with E-state index in [-0.39, 0.29) is 0 Å². The van der Waals surface area contributed by atoms with Crippen molar-refractivity contribution in [2.45, 2.75) is 20.5 Å². The largest absolute Gasteiger partial charge is 0.493 e. The fourth-order valence-electron chi connectivity index (χ4n) is 2.82. The van der Waals surface area contributed by atoms with Gasteiger partial charge >= 0.3 is 0 Å². The molecular formula is C25H23NO2. The van der Waals surface area contributed by atoms with Crippen molar-refractivity contribution in [1.29, 1.82) is 5.26 Å². The molecule has 0 aromatic heterocycles. The highest BCUT2D eigenvalue weighted by atomic mass is 16.5. The van der Waals surface area contributed by atoms with Gasteiger partial charge < -0.3 is 9.47 Å². The predicted octanol–water partition coefficient (Wildman–Crippen LogP) is 5.96. The van der Waals surface area contributed by atoms with Crippen LogP contribution in [0.15, 0.2) is 66.7 Å². The molecule has 0 amide bonds. The van der Waals surface area contributed by atoms with E-state index in [0.29, 0.717) is 23.7 Å². The van der Waals surface area contributed by atoms with Gasteiger partial charge in [-0.1, -0.05) is 65.7 Å². The van der Waals surface area contributed by atoms with Crippen LogP contribution in [0.5, 0.6) is 11.5 Å². The summed E-state index contributed by atoms with van der Waals surface area (Å²) >= 11 is 0. The van der Waals surface area contributed by atoms with Crippen molar-refractivity contribution in [2.24, 2.45) is 0 Å². The molecule has 0 bridgehead atoms. The summed E-state index contributed by atoms with van der Waals surface area (Å²) in [6, 6.07) is 24.1. The summed E-state index contributed by atoms with van der Waals surface area (Å²) in [7, 11) is 1.62. The molecule has 0 aliphatic rings. The molecule has 3 aromatic rings. The number of nitriles is 1. The zero-order chi connectivity index (χ0) is 19.9. The highest BCUT2D eigenvalue weighted by Gasteiger charge is 2.07. The van der Waals surface area contributed by atoms with E-state index in [2.05, 4.69) is 37.3 Å². The molecule has 0 atom stereocenters. The molecule has 0 radical (unpaired) electrons. The maximum atomic E-state index is 9.55. The van der Waals surface area contributed by atoms with Crippen LogP contribution in [0.2, 0.25) is 0 Å². The van der Waals surface area contributed by atoms with Crippen molar-refractivity contribution < 1.29 is 9.47 Å². The summed E-state index contributed by atoms with van der Waals surface area (Å²) in [4.78, 5) is 0. The third-order valence-electron chi connectivity index (χ3n) is 4.50. The molecular weight excluding hydrogens is 346 g/mol. The molecule has 0 spiro atoms. The van der Waals surface area contributed by atoms with Crippen LogP contribution in [0.25, 0.3) is 11.6 Å². The van der Waals surface area contributed by atoms with Crippen molar-refractivity contribution in [1.82, 2.24) is 0 Å². The molecule has 0 saturated carbocycles. The molecule has 3 rings (SSSR count). The van der Waals surface area contributed by atoms with Crippen LogP contribution in [-0.4, -0.2) is 7.11 Å². The summed E-state index contributed by atoms with van der Waals surface area (Å²) < 4.78 is 11.4. The lowest BCUT2D eigenvalue weighted by Gasteiger charge is -2.12. The first kappa shape index (κ1) is 19.3. The van der Waals surface area contributed by atoms with Crippen molar-refractivity contribution in [3.63, 3.8) is 0 Å². The summed E-state index contributed by atoms with van der Waals surface area (Å²) in [6.45, 7) is 4.56. The molecule has 0 unspecified atom stereocenters. The number of nitrogens with zero attached hydrogens (tertiary/aromatic N) is 1. The van der Waals surface area contributed by atoms with Gasteiger partial charge in [0, 0.05) is 0 Å². The number of hydrogen-bond acceptors (Lipinski definition) is 3. The monoisotopic (exact) mass is 369 g/mol. The van der Waals surface area contributed by atoms with E-state index in [1.165, 1.54) is 5.56 Å². The molecule has 0 heterocycles. The Balaban J connectivity index is 1.80. The Kier molecular flexibility index (Phi) is 6.14. The van der Waals surface area contributed by atoms with Gasteiger partial charge in [0.1, 0.15) is 6.61 Å². The van der Waals surface area contributed by atoms with Crippen LogP contribution < -0.4 is 9.47 Å². The molecule has 0 fully saturated rings. The lowest BCUT2D eigenvalue weighted by Crippen LogP contribution is -1.98. The minimum absolute atomic E-state index is 0.471. The molecule has 3 nitrogen and oxygen atoms in total. The van der Waals surface area contributed by atoms with Crippen LogP contribution in [0.4, 0.5) is 0 Å². The van der Waals surface area contributed by atoms with Crippen molar-refractivity contribution in [3.05, 3.63) is 94.5 Å². The van der Waals surface area contributed by atoms with Gasteiger partial charge in [0.15, 0.2) is 11.5 Å². The Morgan fingerprint density at radius 1 is 0.893 bits per heavy atom. The fraction of sp³-hybridized carbons (Fsp3) is 0.160. The third kappa shape index (κ3) is 4.81. The predicted molar refractivity (Wildman–Crippen MR) is 113 cm³/mol. The lowest BCUT2D eigenvalue weighted by atomic mass is 10.0. The minimum Gasteiger partial charge on any atom is -0.493 e. The van der Waals surface area contributed by atoms with E-state index in [0.717, 1.165) is 22.3 Å². The molecule has 3 aromatic carbocycles.